The number of fused-ring (bicyclic) bond motifs is 2. The number of nitrogens with zero attached hydrogens (tertiary/aromatic N) is 4. The van der Waals surface area contributed by atoms with Crippen molar-refractivity contribution in [2.75, 3.05) is 0 Å². The number of phenols is 2. The van der Waals surface area contributed by atoms with Crippen LogP contribution in [0.1, 0.15) is 0 Å². The first-order valence-corrected chi connectivity index (χ1v) is 16.2. The van der Waals surface area contributed by atoms with Crippen LogP contribution in [-0.2, 0) is 20.2 Å². The summed E-state index contributed by atoms with van der Waals surface area (Å²) in [5, 5.41) is 39.5. The summed E-state index contributed by atoms with van der Waals surface area (Å²) in [4.78, 5) is -1.71. The molecule has 0 radical (unpaired) electrons. The third-order valence-electron chi connectivity index (χ3n) is 7.05. The van der Waals surface area contributed by atoms with E-state index in [2.05, 4.69) is 20.5 Å². The van der Waals surface area contributed by atoms with E-state index >= 15 is 0 Å². The Labute approximate surface area is 360 Å². The molecule has 0 aromatic heterocycles. The van der Waals surface area contributed by atoms with Gasteiger partial charge in [0.15, 0.2) is 0 Å². The molecule has 0 aliphatic heterocycles. The van der Waals surface area contributed by atoms with E-state index in [0.29, 0.717) is 10.8 Å². The monoisotopic (exact) mass is 730 g/mol. The molecule has 0 bridgehead atoms. The second-order valence-corrected chi connectivity index (χ2v) is 12.7. The number of benzene rings is 6. The van der Waals surface area contributed by atoms with Crippen molar-refractivity contribution in [1.82, 2.24) is 0 Å². The molecule has 0 unspecified atom stereocenters. The molecular formula is C32H20K2N4O8S2. The quantitative estimate of drug-likeness (QED) is 0.140. The Bertz CT molecular complexity index is 2300. The van der Waals surface area contributed by atoms with Gasteiger partial charge in [-0.1, -0.05) is 72.8 Å². The normalized spacial score (nSPS) is 12.0. The van der Waals surface area contributed by atoms with E-state index < -0.39 is 30.0 Å². The number of aromatic hydroxyl groups is 2. The van der Waals surface area contributed by atoms with Crippen LogP contribution in [0.15, 0.2) is 139 Å². The van der Waals surface area contributed by atoms with Gasteiger partial charge in [-0.15, -0.1) is 10.2 Å². The zero-order valence-electron chi connectivity index (χ0n) is 25.3. The predicted molar refractivity (Wildman–Crippen MR) is 167 cm³/mol. The molecule has 16 heteroatoms. The maximum absolute atomic E-state index is 12.4. The summed E-state index contributed by atoms with van der Waals surface area (Å²) in [6.45, 7) is 0. The van der Waals surface area contributed by atoms with E-state index in [9.17, 15) is 36.2 Å². The SMILES string of the molecule is O=S(=O)([O-])c1cc(N=Nc2c(O)ccc3ccccc23)ccc1-c1ccc(N=Nc2c(O)ccc3ccccc23)cc1S(=O)(=O)[O-].[K+].[K+]. The molecule has 6 aromatic carbocycles. The molecule has 0 aliphatic carbocycles. The Morgan fingerprint density at radius 1 is 0.479 bits per heavy atom. The predicted octanol–water partition coefficient (Wildman–Crippen LogP) is 1.72. The molecule has 230 valence electrons. The molecule has 0 amide bonds. The van der Waals surface area contributed by atoms with E-state index in [1.807, 2.05) is 0 Å². The van der Waals surface area contributed by atoms with Crippen LogP contribution in [0.2, 0.25) is 0 Å². The number of azo groups is 2. The van der Waals surface area contributed by atoms with Gasteiger partial charge < -0.3 is 19.3 Å². The number of hydrogen-bond acceptors (Lipinski definition) is 12. The van der Waals surface area contributed by atoms with E-state index in [1.54, 1.807) is 60.7 Å². The summed E-state index contributed by atoms with van der Waals surface area (Å²) in [5.41, 5.74) is -0.724. The average Bonchev–Trinajstić information content (AvgIpc) is 3.03. The summed E-state index contributed by atoms with van der Waals surface area (Å²) in [7, 11) is -10.5. The largest absolute Gasteiger partial charge is 1.00 e. The molecule has 12 nitrogen and oxygen atoms in total. The molecule has 0 fully saturated rings. The summed E-state index contributed by atoms with van der Waals surface area (Å²) in [6.07, 6.45) is 0. The Morgan fingerprint density at radius 2 is 0.854 bits per heavy atom. The zero-order valence-corrected chi connectivity index (χ0v) is 33.2. The van der Waals surface area contributed by atoms with E-state index in [1.165, 1.54) is 24.3 Å². The van der Waals surface area contributed by atoms with Gasteiger partial charge >= 0.3 is 103 Å². The third-order valence-corrected chi connectivity index (χ3v) is 8.80. The molecule has 0 aliphatic rings. The van der Waals surface area contributed by atoms with Crippen molar-refractivity contribution in [3.63, 3.8) is 0 Å². The van der Waals surface area contributed by atoms with Crippen LogP contribution in [0.25, 0.3) is 32.7 Å². The van der Waals surface area contributed by atoms with Crippen LogP contribution < -0.4 is 103 Å². The molecule has 0 spiro atoms. The fourth-order valence-electron chi connectivity index (χ4n) is 4.92. The van der Waals surface area contributed by atoms with Gasteiger partial charge in [0.25, 0.3) is 0 Å². The van der Waals surface area contributed by atoms with Gasteiger partial charge in [-0.3, -0.25) is 0 Å². The van der Waals surface area contributed by atoms with Gasteiger partial charge in [-0.2, -0.15) is 10.2 Å². The van der Waals surface area contributed by atoms with Crippen LogP contribution in [-0.4, -0.2) is 36.2 Å². The molecular weight excluding hydrogens is 711 g/mol. The molecule has 0 saturated carbocycles. The van der Waals surface area contributed by atoms with Crippen molar-refractivity contribution in [3.05, 3.63) is 109 Å². The second-order valence-electron chi connectivity index (χ2n) is 9.98. The molecule has 0 saturated heterocycles. The fourth-order valence-corrected chi connectivity index (χ4v) is 6.34. The summed E-state index contributed by atoms with van der Waals surface area (Å²) >= 11 is 0. The number of rotatable bonds is 7. The van der Waals surface area contributed by atoms with Gasteiger partial charge in [0.05, 0.1) is 21.2 Å². The topological polar surface area (TPSA) is 204 Å². The number of hydrogen-bond donors (Lipinski definition) is 2. The van der Waals surface area contributed by atoms with Gasteiger partial charge in [-0.05, 0) is 47.2 Å². The Morgan fingerprint density at radius 3 is 1.23 bits per heavy atom. The van der Waals surface area contributed by atoms with Crippen molar-refractivity contribution in [2.45, 2.75) is 9.79 Å². The van der Waals surface area contributed by atoms with Crippen molar-refractivity contribution < 1.29 is 139 Å². The van der Waals surface area contributed by atoms with Crippen LogP contribution in [0.3, 0.4) is 0 Å². The first-order valence-electron chi connectivity index (χ1n) is 13.4. The second kappa shape index (κ2) is 15.7. The van der Waals surface area contributed by atoms with Crippen LogP contribution in [0.5, 0.6) is 11.5 Å². The maximum Gasteiger partial charge on any atom is 1.00 e. The van der Waals surface area contributed by atoms with Gasteiger partial charge in [-0.25, -0.2) is 16.8 Å². The van der Waals surface area contributed by atoms with Crippen molar-refractivity contribution in [3.8, 4) is 22.6 Å². The van der Waals surface area contributed by atoms with Crippen LogP contribution in [0, 0.1) is 0 Å². The summed E-state index contributed by atoms with van der Waals surface area (Å²) in [6, 6.07) is 26.9. The van der Waals surface area contributed by atoms with Crippen molar-refractivity contribution >= 4 is 64.5 Å². The zero-order chi connectivity index (χ0) is 32.6. The Kier molecular flexibility index (Phi) is 12.6. The minimum Gasteiger partial charge on any atom is -0.744 e. The van der Waals surface area contributed by atoms with E-state index in [4.69, 9.17) is 0 Å². The first kappa shape index (κ1) is 38.5. The molecule has 6 rings (SSSR count). The molecule has 0 heterocycles. The average molecular weight is 731 g/mol. The summed E-state index contributed by atoms with van der Waals surface area (Å²) < 4.78 is 74.1. The van der Waals surface area contributed by atoms with Crippen molar-refractivity contribution in [1.29, 1.82) is 0 Å². The third kappa shape index (κ3) is 8.36. The Hall–Kier alpha value is -2.27. The first-order chi connectivity index (χ1) is 21.9. The van der Waals surface area contributed by atoms with Crippen molar-refractivity contribution in [2.24, 2.45) is 20.5 Å². The minimum absolute atomic E-state index is 0. The van der Waals surface area contributed by atoms with Gasteiger partial charge in [0.2, 0.25) is 0 Å². The Balaban J connectivity index is 0.00000260. The van der Waals surface area contributed by atoms with E-state index in [-0.39, 0.29) is 148 Å². The maximum atomic E-state index is 12.4. The molecule has 2 N–H and O–H groups in total. The molecule has 0 atom stereocenters. The van der Waals surface area contributed by atoms with Crippen LogP contribution in [0.4, 0.5) is 22.7 Å². The standard InChI is InChI=1S/C32H22N4O8S2.2K/c37-27-15-9-19-5-1-3-7-23(19)31(27)35-33-21-11-13-25(29(17-21)45(39,40)41)26-14-12-22(18-30(26)46(42,43)44)34-36-32-24-8-4-2-6-20(24)10-16-28(32)38;;/h1-18,37-38H,(H,39,40,41)(H,42,43,44);;/q;2*+1/p-2. The fraction of sp³-hybridized carbons (Fsp3) is 0. The summed E-state index contributed by atoms with van der Waals surface area (Å²) in [5.74, 6) is -0.372. The van der Waals surface area contributed by atoms with Crippen LogP contribution >= 0.6 is 0 Å². The number of phenolic OH excluding ortho intramolecular Hbond substituents is 2. The van der Waals surface area contributed by atoms with E-state index in [0.717, 1.165) is 35.0 Å². The molecule has 48 heavy (non-hydrogen) atoms. The van der Waals surface area contributed by atoms with Gasteiger partial charge in [0, 0.05) is 21.9 Å². The van der Waals surface area contributed by atoms with Gasteiger partial charge in [0.1, 0.15) is 43.1 Å². The smallest absolute Gasteiger partial charge is 0.744 e. The molecule has 6 aromatic rings. The minimum atomic E-state index is -5.24.